The Hall–Kier alpha value is -1.84. The molecule has 35 heavy (non-hydrogen) atoms. The summed E-state index contributed by atoms with van der Waals surface area (Å²) in [4.78, 5) is 30.4. The molecular formula is C27H39ClIN3O3. The number of carbonyl (C=O) groups excluding carboxylic acids is 2. The number of hydrogen-bond acceptors (Lipinski definition) is 4. The maximum atomic E-state index is 13.4. The average molecular weight is 616 g/mol. The minimum absolute atomic E-state index is 0.140. The minimum Gasteiger partial charge on any atom is -0.496 e. The second kappa shape index (κ2) is 16.0. The Morgan fingerprint density at radius 3 is 2.14 bits per heavy atom. The van der Waals surface area contributed by atoms with Crippen LogP contribution in [0.3, 0.4) is 0 Å². The molecule has 0 saturated carbocycles. The number of anilines is 1. The Bertz CT molecular complexity index is 933. The van der Waals surface area contributed by atoms with Crippen LogP contribution >= 0.6 is 34.2 Å². The molecule has 8 heteroatoms. The van der Waals surface area contributed by atoms with Crippen LogP contribution in [0, 0.1) is 0 Å². The van der Waals surface area contributed by atoms with Gasteiger partial charge < -0.3 is 20.3 Å². The summed E-state index contributed by atoms with van der Waals surface area (Å²) in [5.74, 6) is -0.0491. The van der Waals surface area contributed by atoms with Gasteiger partial charge in [0, 0.05) is 19.2 Å². The van der Waals surface area contributed by atoms with E-state index >= 15 is 0 Å². The predicted molar refractivity (Wildman–Crippen MR) is 155 cm³/mol. The third kappa shape index (κ3) is 8.08. The molecule has 2 N–H and O–H groups in total. The lowest BCUT2D eigenvalue weighted by atomic mass is 9.75. The molecule has 0 atom stereocenters. The van der Waals surface area contributed by atoms with Crippen molar-refractivity contribution < 1.29 is 14.3 Å². The summed E-state index contributed by atoms with van der Waals surface area (Å²) in [5.41, 5.74) is 1.03. The van der Waals surface area contributed by atoms with E-state index in [2.05, 4.69) is 52.0 Å². The Labute approximate surface area is 229 Å². The molecule has 194 valence electrons. The maximum absolute atomic E-state index is 13.4. The molecular weight excluding hydrogens is 577 g/mol. The fourth-order valence-electron chi connectivity index (χ4n) is 4.07. The number of hydrogen-bond donors (Lipinski definition) is 2. The summed E-state index contributed by atoms with van der Waals surface area (Å²) in [6.45, 7) is 11.3. The molecule has 0 heterocycles. The quantitative estimate of drug-likeness (QED) is 0.221. The van der Waals surface area contributed by atoms with Gasteiger partial charge in [-0.15, -0.1) is 0 Å². The van der Waals surface area contributed by atoms with Gasteiger partial charge in [-0.05, 0) is 42.5 Å². The van der Waals surface area contributed by atoms with Crippen LogP contribution in [0.5, 0.6) is 5.75 Å². The Morgan fingerprint density at radius 1 is 1.03 bits per heavy atom. The van der Waals surface area contributed by atoms with Gasteiger partial charge in [-0.25, -0.2) is 0 Å². The Morgan fingerprint density at radius 2 is 1.63 bits per heavy atom. The number of methoxy groups -OCH3 is 1. The van der Waals surface area contributed by atoms with Crippen LogP contribution in [0.1, 0.15) is 56.5 Å². The molecule has 0 unspecified atom stereocenters. The number of alkyl halides is 1. The summed E-state index contributed by atoms with van der Waals surface area (Å²) in [6.07, 6.45) is 1.28. The number of nitrogens with zero attached hydrogens (tertiary/aromatic N) is 1. The standard InChI is InChI=1S/C26H36ClN3O3.CH3I/c1-6-26(7-2,19-13-11-10-12-14-19)25(32)29-22-18-23(33-5)20(17-21(22)27)24(31)28-15-16-30(8-3)9-4;1-2/h10-14,17-18H,6-9,15-16H2,1-5H3,(H,28,31)(H,29,32);1H3. The lowest BCUT2D eigenvalue weighted by molar-refractivity contribution is -0.121. The number of nitrogens with one attached hydrogen (secondary N) is 2. The zero-order valence-electron chi connectivity index (χ0n) is 21.7. The highest BCUT2D eigenvalue weighted by Crippen LogP contribution is 2.36. The molecule has 0 bridgehead atoms. The zero-order valence-corrected chi connectivity index (χ0v) is 24.6. The maximum Gasteiger partial charge on any atom is 0.255 e. The van der Waals surface area contributed by atoms with Crippen molar-refractivity contribution in [1.29, 1.82) is 0 Å². The van der Waals surface area contributed by atoms with E-state index in [0.29, 0.717) is 36.4 Å². The van der Waals surface area contributed by atoms with Gasteiger partial charge in [-0.2, -0.15) is 0 Å². The molecule has 2 amide bonds. The van der Waals surface area contributed by atoms with Gasteiger partial charge in [0.15, 0.2) is 0 Å². The molecule has 2 rings (SSSR count). The molecule has 2 aromatic rings. The van der Waals surface area contributed by atoms with Crippen LogP contribution in [-0.4, -0.2) is 54.9 Å². The third-order valence-electron chi connectivity index (χ3n) is 6.36. The summed E-state index contributed by atoms with van der Waals surface area (Å²) >= 11 is 8.65. The number of rotatable bonds is 12. The Balaban J connectivity index is 0.00000298. The molecule has 0 spiro atoms. The van der Waals surface area contributed by atoms with Crippen molar-refractivity contribution in [2.75, 3.05) is 43.5 Å². The number of ether oxygens (including phenoxy) is 1. The largest absolute Gasteiger partial charge is 0.496 e. The molecule has 6 nitrogen and oxygen atoms in total. The fraction of sp³-hybridized carbons (Fsp3) is 0.481. The monoisotopic (exact) mass is 615 g/mol. The van der Waals surface area contributed by atoms with Crippen LogP contribution in [0.4, 0.5) is 5.69 Å². The number of amides is 2. The van der Waals surface area contributed by atoms with E-state index in [1.165, 1.54) is 7.11 Å². The lowest BCUT2D eigenvalue weighted by Crippen LogP contribution is -2.39. The molecule has 0 aliphatic rings. The van der Waals surface area contributed by atoms with Crippen LogP contribution in [0.15, 0.2) is 42.5 Å². The first-order valence-corrected chi connectivity index (χ1v) is 14.5. The number of halogens is 2. The highest BCUT2D eigenvalue weighted by molar-refractivity contribution is 14.1. The van der Waals surface area contributed by atoms with Crippen molar-refractivity contribution in [3.05, 3.63) is 58.6 Å². The van der Waals surface area contributed by atoms with Gasteiger partial charge >= 0.3 is 0 Å². The zero-order chi connectivity index (χ0) is 26.4. The van der Waals surface area contributed by atoms with Crippen LogP contribution in [-0.2, 0) is 10.2 Å². The molecule has 0 fully saturated rings. The van der Waals surface area contributed by atoms with Gasteiger partial charge in [0.2, 0.25) is 5.91 Å². The summed E-state index contributed by atoms with van der Waals surface area (Å²) in [6, 6.07) is 12.9. The molecule has 2 aromatic carbocycles. The van der Waals surface area contributed by atoms with Gasteiger partial charge in [0.05, 0.1) is 28.8 Å². The first kappa shape index (κ1) is 31.2. The minimum atomic E-state index is -0.682. The van der Waals surface area contributed by atoms with Crippen LogP contribution in [0.25, 0.3) is 0 Å². The lowest BCUT2D eigenvalue weighted by Gasteiger charge is -2.31. The average Bonchev–Trinajstić information content (AvgIpc) is 2.90. The van der Waals surface area contributed by atoms with E-state index in [1.807, 2.05) is 49.1 Å². The molecule has 0 saturated heterocycles. The van der Waals surface area contributed by atoms with Gasteiger partial charge in [-0.3, -0.25) is 9.59 Å². The highest BCUT2D eigenvalue weighted by atomic mass is 127. The van der Waals surface area contributed by atoms with E-state index in [0.717, 1.165) is 25.2 Å². The molecule has 0 radical (unpaired) electrons. The number of carbonyl (C=O) groups is 2. The molecule has 0 aromatic heterocycles. The topological polar surface area (TPSA) is 70.7 Å². The van der Waals surface area contributed by atoms with Crippen molar-refractivity contribution in [3.63, 3.8) is 0 Å². The second-order valence-corrected chi connectivity index (χ2v) is 8.33. The first-order chi connectivity index (χ1) is 16.9. The first-order valence-electron chi connectivity index (χ1n) is 12.0. The van der Waals surface area contributed by atoms with E-state index in [9.17, 15) is 9.59 Å². The number of benzene rings is 2. The van der Waals surface area contributed by atoms with E-state index < -0.39 is 5.41 Å². The van der Waals surface area contributed by atoms with Crippen molar-refractivity contribution in [2.24, 2.45) is 0 Å². The summed E-state index contributed by atoms with van der Waals surface area (Å²) in [5, 5.41) is 6.18. The molecule has 0 aliphatic carbocycles. The van der Waals surface area contributed by atoms with Crippen molar-refractivity contribution in [3.8, 4) is 5.75 Å². The normalized spacial score (nSPS) is 10.9. The third-order valence-corrected chi connectivity index (χ3v) is 6.67. The van der Waals surface area contributed by atoms with Crippen LogP contribution < -0.4 is 15.4 Å². The smallest absolute Gasteiger partial charge is 0.255 e. The van der Waals surface area contributed by atoms with E-state index in [4.69, 9.17) is 16.3 Å². The van der Waals surface area contributed by atoms with Crippen LogP contribution in [0.2, 0.25) is 5.02 Å². The van der Waals surface area contributed by atoms with Gasteiger partial charge in [-0.1, -0.05) is 92.2 Å². The number of likely N-dealkylation sites (N-methyl/N-ethyl adjacent to an activating group) is 1. The highest BCUT2D eigenvalue weighted by Gasteiger charge is 2.37. The summed E-state index contributed by atoms with van der Waals surface area (Å²) < 4.78 is 5.46. The summed E-state index contributed by atoms with van der Waals surface area (Å²) in [7, 11) is 1.49. The van der Waals surface area contributed by atoms with Gasteiger partial charge in [0.25, 0.3) is 5.91 Å². The SMILES string of the molecule is CCN(CC)CCNC(=O)c1cc(Cl)c(NC(=O)C(CC)(CC)c2ccccc2)cc1OC.CI. The van der Waals surface area contributed by atoms with Crippen molar-refractivity contribution in [1.82, 2.24) is 10.2 Å². The molecule has 0 aliphatic heterocycles. The van der Waals surface area contributed by atoms with Gasteiger partial charge in [0.1, 0.15) is 5.75 Å². The predicted octanol–water partition coefficient (Wildman–Crippen LogP) is 6.17. The Kier molecular flexibility index (Phi) is 14.3. The van der Waals surface area contributed by atoms with E-state index in [1.54, 1.807) is 12.1 Å². The van der Waals surface area contributed by atoms with Crippen molar-refractivity contribution >= 4 is 51.7 Å². The second-order valence-electron chi connectivity index (χ2n) is 7.92. The van der Waals surface area contributed by atoms with E-state index in [-0.39, 0.29) is 16.8 Å². The van der Waals surface area contributed by atoms with Crippen molar-refractivity contribution in [2.45, 2.75) is 46.0 Å². The fourth-order valence-corrected chi connectivity index (χ4v) is 4.28.